The Balaban J connectivity index is 2.48. The van der Waals surface area contributed by atoms with Crippen LogP contribution in [0.5, 0.6) is 0 Å². The maximum Gasteiger partial charge on any atom is 0.410 e. The van der Waals surface area contributed by atoms with Crippen LogP contribution in [0.4, 0.5) is 4.79 Å². The molecule has 4 nitrogen and oxygen atoms in total. The first-order valence-electron chi connectivity index (χ1n) is 5.99. The van der Waals surface area contributed by atoms with Gasteiger partial charge >= 0.3 is 6.09 Å². The zero-order valence-corrected chi connectivity index (χ0v) is 10.7. The molecule has 0 aromatic carbocycles. The number of nitrogens with zero attached hydrogens (tertiary/aromatic N) is 1. The van der Waals surface area contributed by atoms with Gasteiger partial charge in [-0.3, -0.25) is 0 Å². The van der Waals surface area contributed by atoms with Crippen LogP contribution in [0.1, 0.15) is 40.5 Å². The molecule has 1 saturated heterocycles. The van der Waals surface area contributed by atoms with Gasteiger partial charge in [-0.05, 0) is 27.2 Å². The van der Waals surface area contributed by atoms with Crippen molar-refractivity contribution >= 4 is 6.09 Å². The number of hydrogen-bond acceptors (Lipinski definition) is 3. The van der Waals surface area contributed by atoms with E-state index >= 15 is 0 Å². The summed E-state index contributed by atoms with van der Waals surface area (Å²) in [5.74, 6) is 0.206. The second-order valence-corrected chi connectivity index (χ2v) is 5.50. The van der Waals surface area contributed by atoms with Crippen LogP contribution in [-0.2, 0) is 4.74 Å². The number of β-amino-alcohol motifs (C(OH)–C–C–N with tert-alkyl or cyclic N) is 1. The molecule has 0 aliphatic carbocycles. The molecule has 4 heteroatoms. The first kappa shape index (κ1) is 13.3. The Morgan fingerprint density at radius 3 is 2.56 bits per heavy atom. The van der Waals surface area contributed by atoms with Gasteiger partial charge in [-0.25, -0.2) is 4.79 Å². The molecule has 0 bridgehead atoms. The summed E-state index contributed by atoms with van der Waals surface area (Å²) in [7, 11) is 0. The van der Waals surface area contributed by atoms with Crippen molar-refractivity contribution in [3.05, 3.63) is 0 Å². The predicted molar refractivity (Wildman–Crippen MR) is 62.2 cm³/mol. The largest absolute Gasteiger partial charge is 0.444 e. The van der Waals surface area contributed by atoms with E-state index in [1.807, 2.05) is 20.8 Å². The fourth-order valence-corrected chi connectivity index (χ4v) is 1.98. The number of aliphatic hydroxyl groups is 1. The summed E-state index contributed by atoms with van der Waals surface area (Å²) in [5.41, 5.74) is -0.467. The highest BCUT2D eigenvalue weighted by atomic mass is 16.6. The van der Waals surface area contributed by atoms with Gasteiger partial charge < -0.3 is 14.7 Å². The van der Waals surface area contributed by atoms with Gasteiger partial charge in [0, 0.05) is 12.5 Å². The van der Waals surface area contributed by atoms with Gasteiger partial charge in [-0.2, -0.15) is 0 Å². The molecule has 0 radical (unpaired) electrons. The van der Waals surface area contributed by atoms with Crippen LogP contribution < -0.4 is 0 Å². The molecule has 0 spiro atoms. The molecule has 0 unspecified atom stereocenters. The summed E-state index contributed by atoms with van der Waals surface area (Å²) >= 11 is 0. The normalized spacial score (nSPS) is 25.9. The minimum atomic E-state index is -0.467. The molecular weight excluding hydrogens is 206 g/mol. The van der Waals surface area contributed by atoms with Crippen LogP contribution in [0, 0.1) is 5.92 Å². The van der Waals surface area contributed by atoms with Crippen LogP contribution in [0.3, 0.4) is 0 Å². The average Bonchev–Trinajstić information content (AvgIpc) is 2.46. The smallest absolute Gasteiger partial charge is 0.410 e. The van der Waals surface area contributed by atoms with Crippen molar-refractivity contribution in [2.75, 3.05) is 13.1 Å². The van der Waals surface area contributed by atoms with Crippen molar-refractivity contribution in [1.82, 2.24) is 4.90 Å². The number of aliphatic hydroxyl groups excluding tert-OH is 1. The molecule has 1 rings (SSSR count). The summed E-state index contributed by atoms with van der Waals surface area (Å²) in [6.07, 6.45) is 1.28. The van der Waals surface area contributed by atoms with E-state index < -0.39 is 11.7 Å². The number of carbonyl (C=O) groups excluding carboxylic acids is 1. The molecule has 0 saturated carbocycles. The number of amides is 1. The number of likely N-dealkylation sites (tertiary alicyclic amines) is 1. The third kappa shape index (κ3) is 3.67. The van der Waals surface area contributed by atoms with Crippen LogP contribution in [0.15, 0.2) is 0 Å². The molecule has 0 aromatic heterocycles. The first-order valence-corrected chi connectivity index (χ1v) is 5.99. The number of carbonyl (C=O) groups is 1. The first-order chi connectivity index (χ1) is 7.33. The van der Waals surface area contributed by atoms with Gasteiger partial charge in [0.1, 0.15) is 5.60 Å². The molecule has 16 heavy (non-hydrogen) atoms. The highest BCUT2D eigenvalue weighted by Crippen LogP contribution is 2.23. The molecule has 1 heterocycles. The van der Waals surface area contributed by atoms with Crippen LogP contribution >= 0.6 is 0 Å². The molecule has 1 aliphatic heterocycles. The van der Waals surface area contributed by atoms with E-state index in [4.69, 9.17) is 4.74 Å². The molecule has 0 aromatic rings. The van der Waals surface area contributed by atoms with Gasteiger partial charge in [-0.1, -0.05) is 13.3 Å². The van der Waals surface area contributed by atoms with Gasteiger partial charge in [0.25, 0.3) is 0 Å². The molecule has 1 amide bonds. The monoisotopic (exact) mass is 229 g/mol. The Labute approximate surface area is 97.6 Å². The fourth-order valence-electron chi connectivity index (χ4n) is 1.98. The summed E-state index contributed by atoms with van der Waals surface area (Å²) in [5, 5.41) is 9.79. The lowest BCUT2D eigenvalue weighted by Gasteiger charge is -2.24. The van der Waals surface area contributed by atoms with Crippen molar-refractivity contribution in [2.45, 2.75) is 52.2 Å². The standard InChI is InChI=1S/C12H23NO3/c1-5-6-9-7-13(8-10(9)14)11(15)16-12(2,3)4/h9-10,14H,5-8H2,1-4H3/t9-,10+/m1/s1. The van der Waals surface area contributed by atoms with Crippen molar-refractivity contribution < 1.29 is 14.6 Å². The predicted octanol–water partition coefficient (Wildman–Crippen LogP) is 2.01. The van der Waals surface area contributed by atoms with Crippen molar-refractivity contribution in [2.24, 2.45) is 5.92 Å². The van der Waals surface area contributed by atoms with Crippen LogP contribution in [0.2, 0.25) is 0 Å². The van der Waals surface area contributed by atoms with E-state index in [2.05, 4.69) is 6.92 Å². The maximum absolute atomic E-state index is 11.7. The Morgan fingerprint density at radius 1 is 1.44 bits per heavy atom. The van der Waals surface area contributed by atoms with Crippen molar-refractivity contribution in [3.63, 3.8) is 0 Å². The van der Waals surface area contributed by atoms with E-state index in [1.54, 1.807) is 4.90 Å². The minimum Gasteiger partial charge on any atom is -0.444 e. The Bertz CT molecular complexity index is 247. The van der Waals surface area contributed by atoms with Crippen molar-refractivity contribution in [1.29, 1.82) is 0 Å². The SMILES string of the molecule is CCC[C@@H]1CN(C(=O)OC(C)(C)C)C[C@@H]1O. The number of hydrogen-bond donors (Lipinski definition) is 1. The lowest BCUT2D eigenvalue weighted by atomic mass is 10.0. The second kappa shape index (κ2) is 5.04. The van der Waals surface area contributed by atoms with Gasteiger partial charge in [-0.15, -0.1) is 0 Å². The average molecular weight is 229 g/mol. The van der Waals surface area contributed by atoms with E-state index in [0.29, 0.717) is 13.1 Å². The third-order valence-corrected chi connectivity index (χ3v) is 2.72. The zero-order chi connectivity index (χ0) is 12.3. The number of rotatable bonds is 2. The zero-order valence-electron chi connectivity index (χ0n) is 10.7. The van der Waals surface area contributed by atoms with Gasteiger partial charge in [0.2, 0.25) is 0 Å². The topological polar surface area (TPSA) is 49.8 Å². The van der Waals surface area contributed by atoms with Crippen LogP contribution in [-0.4, -0.2) is 40.9 Å². The Kier molecular flexibility index (Phi) is 4.19. The maximum atomic E-state index is 11.7. The Hall–Kier alpha value is -0.770. The molecule has 2 atom stereocenters. The van der Waals surface area contributed by atoms with Crippen LogP contribution in [0.25, 0.3) is 0 Å². The fraction of sp³-hybridized carbons (Fsp3) is 0.917. The van der Waals surface area contributed by atoms with E-state index in [9.17, 15) is 9.90 Å². The molecule has 1 aliphatic rings. The highest BCUT2D eigenvalue weighted by Gasteiger charge is 2.35. The third-order valence-electron chi connectivity index (χ3n) is 2.72. The number of ether oxygens (including phenoxy) is 1. The summed E-state index contributed by atoms with van der Waals surface area (Å²) in [4.78, 5) is 13.4. The van der Waals surface area contributed by atoms with E-state index in [-0.39, 0.29) is 12.0 Å². The van der Waals surface area contributed by atoms with Gasteiger partial charge in [0.05, 0.1) is 12.6 Å². The second-order valence-electron chi connectivity index (χ2n) is 5.50. The highest BCUT2D eigenvalue weighted by molar-refractivity contribution is 5.68. The summed E-state index contributed by atoms with van der Waals surface area (Å²) < 4.78 is 5.27. The van der Waals surface area contributed by atoms with E-state index in [1.165, 1.54) is 0 Å². The molecule has 1 fully saturated rings. The van der Waals surface area contributed by atoms with Crippen molar-refractivity contribution in [3.8, 4) is 0 Å². The summed E-state index contributed by atoms with van der Waals surface area (Å²) in [6, 6.07) is 0. The Morgan fingerprint density at radius 2 is 2.06 bits per heavy atom. The minimum absolute atomic E-state index is 0.206. The van der Waals surface area contributed by atoms with E-state index in [0.717, 1.165) is 12.8 Å². The quantitative estimate of drug-likeness (QED) is 0.788. The van der Waals surface area contributed by atoms with Gasteiger partial charge in [0.15, 0.2) is 0 Å². The summed E-state index contributed by atoms with van der Waals surface area (Å²) in [6.45, 7) is 8.65. The molecular formula is C12H23NO3. The lowest BCUT2D eigenvalue weighted by Crippen LogP contribution is -2.35. The molecule has 1 N–H and O–H groups in total. The molecule has 94 valence electrons. The lowest BCUT2D eigenvalue weighted by molar-refractivity contribution is 0.0269.